The minimum absolute atomic E-state index is 0.0190. The van der Waals surface area contributed by atoms with Crippen LogP contribution in [0.15, 0.2) is 18.2 Å². The molecule has 3 nitrogen and oxygen atoms in total. The second-order valence-electron chi connectivity index (χ2n) is 4.29. The standard InChI is InChI=1S/C13H17F2NO2/c1-3-9(2)16(8-13(17)18)7-10-4-5-11(14)6-12(10)15/h4-6,9H,3,7-8H2,1-2H3,(H,17,18). The van der Waals surface area contributed by atoms with Gasteiger partial charge in [-0.1, -0.05) is 13.0 Å². The Morgan fingerprint density at radius 2 is 2.11 bits per heavy atom. The molecule has 0 saturated heterocycles. The lowest BCUT2D eigenvalue weighted by Crippen LogP contribution is -2.36. The number of carboxylic acid groups (broad SMARTS) is 1. The van der Waals surface area contributed by atoms with Crippen molar-refractivity contribution in [2.45, 2.75) is 32.9 Å². The number of hydrogen-bond acceptors (Lipinski definition) is 2. The van der Waals surface area contributed by atoms with Crippen LogP contribution in [0.4, 0.5) is 8.78 Å². The summed E-state index contributed by atoms with van der Waals surface area (Å²) < 4.78 is 26.3. The van der Waals surface area contributed by atoms with Gasteiger partial charge >= 0.3 is 5.97 Å². The van der Waals surface area contributed by atoms with Gasteiger partial charge in [-0.25, -0.2) is 8.78 Å². The van der Waals surface area contributed by atoms with Crippen LogP contribution >= 0.6 is 0 Å². The normalized spacial score (nSPS) is 12.7. The van der Waals surface area contributed by atoms with Gasteiger partial charge < -0.3 is 5.11 Å². The Labute approximate surface area is 105 Å². The van der Waals surface area contributed by atoms with Crippen molar-refractivity contribution in [2.75, 3.05) is 6.54 Å². The molecule has 1 atom stereocenters. The quantitative estimate of drug-likeness (QED) is 0.851. The first-order valence-corrected chi connectivity index (χ1v) is 5.83. The van der Waals surface area contributed by atoms with E-state index in [1.165, 1.54) is 12.1 Å². The number of halogens is 2. The molecule has 1 rings (SSSR count). The molecule has 0 spiro atoms. The van der Waals surface area contributed by atoms with Gasteiger partial charge in [-0.2, -0.15) is 0 Å². The third-order valence-electron chi connectivity index (χ3n) is 2.94. The molecule has 18 heavy (non-hydrogen) atoms. The van der Waals surface area contributed by atoms with Crippen LogP contribution in [0.1, 0.15) is 25.8 Å². The Balaban J connectivity index is 2.85. The zero-order valence-corrected chi connectivity index (χ0v) is 10.5. The van der Waals surface area contributed by atoms with Crippen molar-refractivity contribution in [3.8, 4) is 0 Å². The lowest BCUT2D eigenvalue weighted by molar-refractivity contribution is -0.139. The highest BCUT2D eigenvalue weighted by Gasteiger charge is 2.17. The highest BCUT2D eigenvalue weighted by molar-refractivity contribution is 5.69. The second-order valence-corrected chi connectivity index (χ2v) is 4.29. The summed E-state index contributed by atoms with van der Waals surface area (Å²) in [5.74, 6) is -2.24. The molecular formula is C13H17F2NO2. The third-order valence-corrected chi connectivity index (χ3v) is 2.94. The average Bonchev–Trinajstić information content (AvgIpc) is 2.30. The van der Waals surface area contributed by atoms with Crippen LogP contribution in [-0.4, -0.2) is 28.6 Å². The van der Waals surface area contributed by atoms with E-state index in [-0.39, 0.29) is 19.1 Å². The highest BCUT2D eigenvalue weighted by Crippen LogP contribution is 2.15. The number of benzene rings is 1. The second kappa shape index (κ2) is 6.44. The van der Waals surface area contributed by atoms with Gasteiger partial charge in [-0.05, 0) is 19.4 Å². The fourth-order valence-corrected chi connectivity index (χ4v) is 1.67. The van der Waals surface area contributed by atoms with Gasteiger partial charge in [0.25, 0.3) is 0 Å². The molecule has 0 aliphatic rings. The zero-order valence-electron chi connectivity index (χ0n) is 10.5. The average molecular weight is 257 g/mol. The number of carbonyl (C=O) groups is 1. The first-order chi connectivity index (χ1) is 8.43. The number of aliphatic carboxylic acids is 1. The molecule has 0 radical (unpaired) electrons. The largest absolute Gasteiger partial charge is 0.480 e. The van der Waals surface area contributed by atoms with Crippen LogP contribution in [0.3, 0.4) is 0 Å². The fraction of sp³-hybridized carbons (Fsp3) is 0.462. The minimum atomic E-state index is -0.960. The number of carboxylic acids is 1. The van der Waals surface area contributed by atoms with Crippen molar-refractivity contribution < 1.29 is 18.7 Å². The summed E-state index contributed by atoms with van der Waals surface area (Å²) in [6.07, 6.45) is 0.760. The Morgan fingerprint density at radius 3 is 2.61 bits per heavy atom. The molecule has 0 bridgehead atoms. The van der Waals surface area contributed by atoms with Crippen LogP contribution < -0.4 is 0 Å². The molecule has 0 heterocycles. The Morgan fingerprint density at radius 1 is 1.44 bits per heavy atom. The van der Waals surface area contributed by atoms with E-state index in [9.17, 15) is 13.6 Å². The van der Waals surface area contributed by atoms with Crippen LogP contribution in [0.25, 0.3) is 0 Å². The van der Waals surface area contributed by atoms with E-state index in [0.717, 1.165) is 12.5 Å². The van der Waals surface area contributed by atoms with Crippen molar-refractivity contribution in [1.82, 2.24) is 4.90 Å². The van der Waals surface area contributed by atoms with E-state index < -0.39 is 17.6 Å². The molecular weight excluding hydrogens is 240 g/mol. The predicted molar refractivity (Wildman–Crippen MR) is 64.2 cm³/mol. The molecule has 0 aliphatic heterocycles. The maximum absolute atomic E-state index is 13.5. The van der Waals surface area contributed by atoms with Crippen LogP contribution in [0.5, 0.6) is 0 Å². The Hall–Kier alpha value is -1.49. The summed E-state index contributed by atoms with van der Waals surface area (Å²) in [6.45, 7) is 3.81. The zero-order chi connectivity index (χ0) is 13.7. The van der Waals surface area contributed by atoms with Gasteiger partial charge in [-0.3, -0.25) is 9.69 Å². The van der Waals surface area contributed by atoms with Crippen LogP contribution in [0, 0.1) is 11.6 Å². The topological polar surface area (TPSA) is 40.5 Å². The molecule has 1 aromatic carbocycles. The van der Waals surface area contributed by atoms with E-state index in [1.807, 2.05) is 13.8 Å². The summed E-state index contributed by atoms with van der Waals surface area (Å²) >= 11 is 0. The van der Waals surface area contributed by atoms with Gasteiger partial charge in [0.15, 0.2) is 0 Å². The molecule has 1 unspecified atom stereocenters. The van der Waals surface area contributed by atoms with Crippen molar-refractivity contribution in [2.24, 2.45) is 0 Å². The number of rotatable bonds is 6. The maximum atomic E-state index is 13.5. The van der Waals surface area contributed by atoms with Gasteiger partial charge in [0.1, 0.15) is 11.6 Å². The summed E-state index contributed by atoms with van der Waals surface area (Å²) in [7, 11) is 0. The summed E-state index contributed by atoms with van der Waals surface area (Å²) in [6, 6.07) is 3.35. The predicted octanol–water partition coefficient (Wildman–Crippen LogP) is 2.65. The highest BCUT2D eigenvalue weighted by atomic mass is 19.1. The van der Waals surface area contributed by atoms with E-state index in [1.54, 1.807) is 4.90 Å². The molecule has 1 N–H and O–H groups in total. The SMILES string of the molecule is CCC(C)N(CC(=O)O)Cc1ccc(F)cc1F. The lowest BCUT2D eigenvalue weighted by atomic mass is 10.1. The van der Waals surface area contributed by atoms with Crippen LogP contribution in [0.2, 0.25) is 0 Å². The lowest BCUT2D eigenvalue weighted by Gasteiger charge is -2.26. The Bertz CT molecular complexity index is 423. The smallest absolute Gasteiger partial charge is 0.317 e. The van der Waals surface area contributed by atoms with E-state index in [2.05, 4.69) is 0 Å². The van der Waals surface area contributed by atoms with E-state index in [0.29, 0.717) is 5.56 Å². The maximum Gasteiger partial charge on any atom is 0.317 e. The molecule has 0 fully saturated rings. The summed E-state index contributed by atoms with van der Waals surface area (Å²) in [5.41, 5.74) is 0.304. The number of nitrogens with zero attached hydrogens (tertiary/aromatic N) is 1. The van der Waals surface area contributed by atoms with Crippen molar-refractivity contribution in [1.29, 1.82) is 0 Å². The first kappa shape index (κ1) is 14.6. The molecule has 5 heteroatoms. The van der Waals surface area contributed by atoms with Crippen molar-refractivity contribution in [3.05, 3.63) is 35.4 Å². The van der Waals surface area contributed by atoms with E-state index in [4.69, 9.17) is 5.11 Å². The minimum Gasteiger partial charge on any atom is -0.480 e. The van der Waals surface area contributed by atoms with Gasteiger partial charge in [0.2, 0.25) is 0 Å². The van der Waals surface area contributed by atoms with Gasteiger partial charge in [0, 0.05) is 24.2 Å². The number of hydrogen-bond donors (Lipinski definition) is 1. The summed E-state index contributed by atoms with van der Waals surface area (Å²) in [4.78, 5) is 12.4. The molecule has 100 valence electrons. The molecule has 0 aromatic heterocycles. The summed E-state index contributed by atoms with van der Waals surface area (Å²) in [5, 5.41) is 8.82. The fourth-order valence-electron chi connectivity index (χ4n) is 1.67. The molecule has 0 amide bonds. The Kier molecular flexibility index (Phi) is 5.22. The van der Waals surface area contributed by atoms with E-state index >= 15 is 0 Å². The molecule has 1 aromatic rings. The monoisotopic (exact) mass is 257 g/mol. The molecule has 0 saturated carbocycles. The van der Waals surface area contributed by atoms with Gasteiger partial charge in [-0.15, -0.1) is 0 Å². The van der Waals surface area contributed by atoms with Gasteiger partial charge in [0.05, 0.1) is 6.54 Å². The van der Waals surface area contributed by atoms with Crippen molar-refractivity contribution >= 4 is 5.97 Å². The van der Waals surface area contributed by atoms with Crippen LogP contribution in [-0.2, 0) is 11.3 Å². The first-order valence-electron chi connectivity index (χ1n) is 5.83. The third kappa shape index (κ3) is 4.07. The molecule has 0 aliphatic carbocycles. The van der Waals surface area contributed by atoms with Crippen molar-refractivity contribution in [3.63, 3.8) is 0 Å².